The molecule has 1 rings (SSSR count). The summed E-state index contributed by atoms with van der Waals surface area (Å²) in [5.41, 5.74) is -0.949. The lowest BCUT2D eigenvalue weighted by atomic mass is 10.1. The monoisotopic (exact) mass is 254 g/mol. The van der Waals surface area contributed by atoms with Gasteiger partial charge in [0.25, 0.3) is 0 Å². The van der Waals surface area contributed by atoms with Crippen LogP contribution in [0.1, 0.15) is 17.4 Å². The highest BCUT2D eigenvalue weighted by Crippen LogP contribution is 2.37. The van der Waals surface area contributed by atoms with Crippen LogP contribution in [0.2, 0.25) is 5.02 Å². The molecule has 0 aromatic heterocycles. The SMILES string of the molecule is COC(OC)c1ccc(Cl)cc1C(F)(F)F. The average molecular weight is 255 g/mol. The van der Waals surface area contributed by atoms with E-state index in [1.165, 1.54) is 26.4 Å². The number of benzene rings is 1. The van der Waals surface area contributed by atoms with Gasteiger partial charge < -0.3 is 9.47 Å². The third-order valence-electron chi connectivity index (χ3n) is 2.00. The van der Waals surface area contributed by atoms with E-state index in [0.29, 0.717) is 0 Å². The molecule has 0 unspecified atom stereocenters. The van der Waals surface area contributed by atoms with Gasteiger partial charge in [-0.05, 0) is 12.1 Å². The molecular formula is C10H10ClF3O2. The van der Waals surface area contributed by atoms with Gasteiger partial charge in [-0.15, -0.1) is 0 Å². The lowest BCUT2D eigenvalue weighted by Gasteiger charge is -2.19. The Hall–Kier alpha value is -0.780. The quantitative estimate of drug-likeness (QED) is 0.767. The third-order valence-corrected chi connectivity index (χ3v) is 2.24. The molecule has 16 heavy (non-hydrogen) atoms. The van der Waals surface area contributed by atoms with Crippen LogP contribution in [0.4, 0.5) is 13.2 Å². The van der Waals surface area contributed by atoms with Gasteiger partial charge >= 0.3 is 6.18 Å². The molecule has 2 nitrogen and oxygen atoms in total. The minimum Gasteiger partial charge on any atom is -0.352 e. The fourth-order valence-electron chi connectivity index (χ4n) is 1.33. The van der Waals surface area contributed by atoms with Crippen LogP contribution in [-0.2, 0) is 15.7 Å². The molecule has 0 bridgehead atoms. The Kier molecular flexibility index (Phi) is 4.18. The molecule has 0 heterocycles. The van der Waals surface area contributed by atoms with Gasteiger partial charge in [0.1, 0.15) is 0 Å². The van der Waals surface area contributed by atoms with Crippen molar-refractivity contribution in [3.8, 4) is 0 Å². The number of ether oxygens (including phenoxy) is 2. The molecule has 0 N–H and O–H groups in total. The molecule has 0 aliphatic rings. The van der Waals surface area contributed by atoms with E-state index in [-0.39, 0.29) is 10.6 Å². The minimum absolute atomic E-state index is 0.0158. The van der Waals surface area contributed by atoms with Crippen molar-refractivity contribution in [2.24, 2.45) is 0 Å². The Labute approximate surface area is 95.9 Å². The summed E-state index contributed by atoms with van der Waals surface area (Å²) in [6, 6.07) is 3.45. The smallest absolute Gasteiger partial charge is 0.352 e. The second-order valence-corrected chi connectivity index (χ2v) is 3.47. The average Bonchev–Trinajstić information content (AvgIpc) is 2.20. The molecule has 0 aliphatic heterocycles. The summed E-state index contributed by atoms with van der Waals surface area (Å²) in [5, 5.41) is 0.0158. The van der Waals surface area contributed by atoms with Crippen molar-refractivity contribution in [1.82, 2.24) is 0 Å². The van der Waals surface area contributed by atoms with E-state index in [0.717, 1.165) is 6.07 Å². The fraction of sp³-hybridized carbons (Fsp3) is 0.400. The van der Waals surface area contributed by atoms with Crippen LogP contribution in [0.3, 0.4) is 0 Å². The Morgan fingerprint density at radius 3 is 2.19 bits per heavy atom. The second-order valence-electron chi connectivity index (χ2n) is 3.03. The predicted molar refractivity (Wildman–Crippen MR) is 53.2 cm³/mol. The van der Waals surface area contributed by atoms with Crippen molar-refractivity contribution < 1.29 is 22.6 Å². The van der Waals surface area contributed by atoms with E-state index in [1.54, 1.807) is 0 Å². The summed E-state index contributed by atoms with van der Waals surface area (Å²) in [6.45, 7) is 0. The van der Waals surface area contributed by atoms with Crippen LogP contribution < -0.4 is 0 Å². The molecule has 0 spiro atoms. The summed E-state index contributed by atoms with van der Waals surface area (Å²) < 4.78 is 47.7. The number of halogens is 4. The normalized spacial score (nSPS) is 12.2. The molecule has 0 atom stereocenters. The van der Waals surface area contributed by atoms with Gasteiger partial charge in [-0.25, -0.2) is 0 Å². The summed E-state index contributed by atoms with van der Waals surface area (Å²) in [4.78, 5) is 0. The van der Waals surface area contributed by atoms with Gasteiger partial charge in [0.15, 0.2) is 6.29 Å². The number of hydrogen-bond acceptors (Lipinski definition) is 2. The van der Waals surface area contributed by atoms with Crippen molar-refractivity contribution in [3.63, 3.8) is 0 Å². The maximum absolute atomic E-state index is 12.7. The van der Waals surface area contributed by atoms with Crippen molar-refractivity contribution in [1.29, 1.82) is 0 Å². The van der Waals surface area contributed by atoms with Crippen molar-refractivity contribution in [3.05, 3.63) is 34.3 Å². The lowest BCUT2D eigenvalue weighted by Crippen LogP contribution is -2.14. The summed E-state index contributed by atoms with van der Waals surface area (Å²) in [7, 11) is 2.53. The molecule has 0 fully saturated rings. The third kappa shape index (κ3) is 2.87. The van der Waals surface area contributed by atoms with Crippen LogP contribution in [-0.4, -0.2) is 14.2 Å². The first-order valence-corrected chi connectivity index (χ1v) is 4.70. The van der Waals surface area contributed by atoms with Gasteiger partial charge in [0.05, 0.1) is 5.56 Å². The van der Waals surface area contributed by atoms with Crippen LogP contribution in [0.25, 0.3) is 0 Å². The van der Waals surface area contributed by atoms with E-state index < -0.39 is 18.0 Å². The zero-order valence-corrected chi connectivity index (χ0v) is 9.39. The van der Waals surface area contributed by atoms with Gasteiger partial charge in [0, 0.05) is 24.8 Å². The first kappa shape index (κ1) is 13.3. The van der Waals surface area contributed by atoms with E-state index >= 15 is 0 Å². The number of hydrogen-bond donors (Lipinski definition) is 0. The summed E-state index contributed by atoms with van der Waals surface area (Å²) in [5.74, 6) is 0. The Balaban J connectivity index is 3.27. The molecule has 6 heteroatoms. The zero-order chi connectivity index (χ0) is 12.3. The topological polar surface area (TPSA) is 18.5 Å². The maximum atomic E-state index is 12.7. The predicted octanol–water partition coefficient (Wildman–Crippen LogP) is 3.65. The van der Waals surface area contributed by atoms with Crippen molar-refractivity contribution in [2.45, 2.75) is 12.5 Å². The molecule has 90 valence electrons. The summed E-state index contributed by atoms with van der Waals surface area (Å²) in [6.07, 6.45) is -5.55. The van der Waals surface area contributed by atoms with Gasteiger partial charge in [-0.1, -0.05) is 17.7 Å². The van der Waals surface area contributed by atoms with Crippen LogP contribution in [0.5, 0.6) is 0 Å². The molecule has 0 radical (unpaired) electrons. The van der Waals surface area contributed by atoms with Crippen LogP contribution in [0, 0.1) is 0 Å². The first-order valence-electron chi connectivity index (χ1n) is 4.32. The Morgan fingerprint density at radius 1 is 1.19 bits per heavy atom. The molecule has 0 saturated heterocycles. The lowest BCUT2D eigenvalue weighted by molar-refractivity contribution is -0.147. The molecule has 0 aliphatic carbocycles. The maximum Gasteiger partial charge on any atom is 0.416 e. The molecule has 1 aromatic rings. The Morgan fingerprint density at radius 2 is 1.75 bits per heavy atom. The van der Waals surface area contributed by atoms with E-state index in [2.05, 4.69) is 0 Å². The van der Waals surface area contributed by atoms with Crippen molar-refractivity contribution >= 4 is 11.6 Å². The van der Waals surface area contributed by atoms with Gasteiger partial charge in [-0.3, -0.25) is 0 Å². The summed E-state index contributed by atoms with van der Waals surface area (Å²) >= 11 is 5.53. The van der Waals surface area contributed by atoms with Crippen LogP contribution >= 0.6 is 11.6 Å². The molecule has 0 amide bonds. The highest BCUT2D eigenvalue weighted by Gasteiger charge is 2.35. The minimum atomic E-state index is -4.49. The van der Waals surface area contributed by atoms with Gasteiger partial charge in [-0.2, -0.15) is 13.2 Å². The fourth-order valence-corrected chi connectivity index (χ4v) is 1.50. The zero-order valence-electron chi connectivity index (χ0n) is 8.64. The highest BCUT2D eigenvalue weighted by atomic mass is 35.5. The van der Waals surface area contributed by atoms with E-state index in [1.807, 2.05) is 0 Å². The number of alkyl halides is 3. The first-order chi connectivity index (χ1) is 7.40. The molecular weight excluding hydrogens is 245 g/mol. The van der Waals surface area contributed by atoms with E-state index in [9.17, 15) is 13.2 Å². The Bertz CT molecular complexity index is 362. The number of rotatable bonds is 3. The molecule has 1 aromatic carbocycles. The number of methoxy groups -OCH3 is 2. The highest BCUT2D eigenvalue weighted by molar-refractivity contribution is 6.30. The largest absolute Gasteiger partial charge is 0.416 e. The van der Waals surface area contributed by atoms with Gasteiger partial charge in [0.2, 0.25) is 0 Å². The standard InChI is InChI=1S/C10H10ClF3O2/c1-15-9(16-2)7-4-3-6(11)5-8(7)10(12,13)14/h3-5,9H,1-2H3. The molecule has 0 saturated carbocycles. The van der Waals surface area contributed by atoms with Crippen molar-refractivity contribution in [2.75, 3.05) is 14.2 Å². The van der Waals surface area contributed by atoms with E-state index in [4.69, 9.17) is 21.1 Å². The van der Waals surface area contributed by atoms with Crippen LogP contribution in [0.15, 0.2) is 18.2 Å². The second kappa shape index (κ2) is 5.03.